The van der Waals surface area contributed by atoms with Gasteiger partial charge in [0.25, 0.3) is 5.56 Å². The molecule has 0 saturated carbocycles. The minimum absolute atomic E-state index is 0.0303. The fraction of sp³-hybridized carbons (Fsp3) is 0.286. The number of aromatic nitrogens is 2. The summed E-state index contributed by atoms with van der Waals surface area (Å²) < 4.78 is 0. The minimum Gasteiger partial charge on any atom is -0.335 e. The first-order valence-electron chi connectivity index (χ1n) is 8.99. The van der Waals surface area contributed by atoms with E-state index >= 15 is 0 Å². The van der Waals surface area contributed by atoms with E-state index in [2.05, 4.69) is 9.97 Å². The molecule has 1 atom stereocenters. The molecule has 0 spiro atoms. The Morgan fingerprint density at radius 1 is 1.22 bits per heavy atom. The van der Waals surface area contributed by atoms with E-state index in [1.807, 2.05) is 44.2 Å². The highest BCUT2D eigenvalue weighted by Gasteiger charge is 2.18. The van der Waals surface area contributed by atoms with Gasteiger partial charge in [-0.25, -0.2) is 4.98 Å². The van der Waals surface area contributed by atoms with Gasteiger partial charge in [0.2, 0.25) is 5.91 Å². The van der Waals surface area contributed by atoms with E-state index in [0.29, 0.717) is 34.7 Å². The lowest BCUT2D eigenvalue weighted by Gasteiger charge is -2.22. The molecule has 0 radical (unpaired) electrons. The number of carbonyl (C=O) groups excluding carboxylic acids is 1. The average Bonchev–Trinajstić information content (AvgIpc) is 2.66. The van der Waals surface area contributed by atoms with Crippen molar-refractivity contribution in [3.8, 4) is 0 Å². The van der Waals surface area contributed by atoms with Crippen molar-refractivity contribution in [2.75, 3.05) is 6.54 Å². The third-order valence-electron chi connectivity index (χ3n) is 4.64. The van der Waals surface area contributed by atoms with Crippen molar-refractivity contribution in [3.05, 3.63) is 75.3 Å². The molecule has 0 fully saturated rings. The van der Waals surface area contributed by atoms with Crippen LogP contribution in [0.15, 0.2) is 53.3 Å². The van der Waals surface area contributed by atoms with Crippen LogP contribution in [0, 0.1) is 0 Å². The van der Waals surface area contributed by atoms with Crippen LogP contribution in [-0.4, -0.2) is 27.3 Å². The quantitative estimate of drug-likeness (QED) is 0.696. The van der Waals surface area contributed by atoms with Crippen LogP contribution in [-0.2, 0) is 11.3 Å². The van der Waals surface area contributed by atoms with Gasteiger partial charge in [0.1, 0.15) is 5.82 Å². The summed E-state index contributed by atoms with van der Waals surface area (Å²) in [6, 6.07) is 14.9. The van der Waals surface area contributed by atoms with E-state index in [-0.39, 0.29) is 23.9 Å². The molecule has 0 aliphatic carbocycles. The molecule has 140 valence electrons. The van der Waals surface area contributed by atoms with Gasteiger partial charge in [0.05, 0.1) is 17.4 Å². The Balaban J connectivity index is 1.77. The van der Waals surface area contributed by atoms with Crippen molar-refractivity contribution in [1.82, 2.24) is 14.9 Å². The topological polar surface area (TPSA) is 66.1 Å². The first-order chi connectivity index (χ1) is 13.0. The van der Waals surface area contributed by atoms with Crippen LogP contribution < -0.4 is 5.56 Å². The van der Waals surface area contributed by atoms with Crippen molar-refractivity contribution in [3.63, 3.8) is 0 Å². The van der Waals surface area contributed by atoms with Gasteiger partial charge in [-0.1, -0.05) is 48.9 Å². The van der Waals surface area contributed by atoms with E-state index in [9.17, 15) is 9.59 Å². The third-order valence-corrected chi connectivity index (χ3v) is 4.88. The second kappa shape index (κ2) is 8.35. The lowest BCUT2D eigenvalue weighted by Crippen LogP contribution is -2.32. The first kappa shape index (κ1) is 19.1. The Labute approximate surface area is 163 Å². The SMILES string of the molecule is CCN(Cc1nc2cc(Cl)ccc2c(=O)[nH]1)C(=O)CC(C)c1ccccc1. The van der Waals surface area contributed by atoms with E-state index in [4.69, 9.17) is 11.6 Å². The average molecular weight is 384 g/mol. The van der Waals surface area contributed by atoms with Crippen molar-refractivity contribution >= 4 is 28.4 Å². The van der Waals surface area contributed by atoms with E-state index in [1.54, 1.807) is 23.1 Å². The maximum absolute atomic E-state index is 12.8. The van der Waals surface area contributed by atoms with Crippen molar-refractivity contribution in [1.29, 1.82) is 0 Å². The molecule has 0 aliphatic rings. The summed E-state index contributed by atoms with van der Waals surface area (Å²) in [6.45, 7) is 4.76. The smallest absolute Gasteiger partial charge is 0.258 e. The fourth-order valence-electron chi connectivity index (χ4n) is 3.08. The van der Waals surface area contributed by atoms with E-state index in [1.165, 1.54) is 0 Å². The van der Waals surface area contributed by atoms with Gasteiger partial charge in [-0.2, -0.15) is 0 Å². The zero-order chi connectivity index (χ0) is 19.4. The Kier molecular flexibility index (Phi) is 5.91. The van der Waals surface area contributed by atoms with Crippen molar-refractivity contribution < 1.29 is 4.79 Å². The molecule has 6 heteroatoms. The molecule has 5 nitrogen and oxygen atoms in total. The molecule has 0 saturated heterocycles. The van der Waals surface area contributed by atoms with Crippen LogP contribution in [0.1, 0.15) is 37.6 Å². The molecule has 27 heavy (non-hydrogen) atoms. The molecule has 1 aromatic heterocycles. The standard InChI is InChI=1S/C21H22ClN3O2/c1-3-25(20(26)11-14(2)15-7-5-4-6-8-15)13-19-23-18-12-16(22)9-10-17(18)21(27)24-19/h4-10,12,14H,3,11,13H2,1-2H3,(H,23,24,27). The van der Waals surface area contributed by atoms with Crippen LogP contribution >= 0.6 is 11.6 Å². The molecular weight excluding hydrogens is 362 g/mol. The number of halogens is 1. The minimum atomic E-state index is -0.229. The number of H-pyrrole nitrogens is 1. The zero-order valence-corrected chi connectivity index (χ0v) is 16.2. The summed E-state index contributed by atoms with van der Waals surface area (Å²) in [4.78, 5) is 34.0. The largest absolute Gasteiger partial charge is 0.335 e. The van der Waals surface area contributed by atoms with Crippen molar-refractivity contribution in [2.45, 2.75) is 32.7 Å². The summed E-state index contributed by atoms with van der Waals surface area (Å²) in [5, 5.41) is 1.00. The number of benzene rings is 2. The normalized spacial score (nSPS) is 12.1. The predicted molar refractivity (Wildman–Crippen MR) is 108 cm³/mol. The van der Waals surface area contributed by atoms with Gasteiger partial charge in [-0.15, -0.1) is 0 Å². The molecule has 3 rings (SSSR count). The lowest BCUT2D eigenvalue weighted by atomic mass is 9.97. The summed E-state index contributed by atoms with van der Waals surface area (Å²) in [6.07, 6.45) is 0.404. The summed E-state index contributed by atoms with van der Waals surface area (Å²) >= 11 is 6.01. The molecular formula is C21H22ClN3O2. The van der Waals surface area contributed by atoms with Crippen LogP contribution in [0.3, 0.4) is 0 Å². The fourth-order valence-corrected chi connectivity index (χ4v) is 3.25. The lowest BCUT2D eigenvalue weighted by molar-refractivity contribution is -0.132. The monoisotopic (exact) mass is 383 g/mol. The maximum Gasteiger partial charge on any atom is 0.258 e. The van der Waals surface area contributed by atoms with Crippen LogP contribution in [0.25, 0.3) is 10.9 Å². The van der Waals surface area contributed by atoms with Gasteiger partial charge in [-0.3, -0.25) is 9.59 Å². The molecule has 0 aliphatic heterocycles. The molecule has 2 aromatic carbocycles. The predicted octanol–water partition coefficient (Wildman–Crippen LogP) is 4.12. The second-order valence-electron chi connectivity index (χ2n) is 6.60. The van der Waals surface area contributed by atoms with Crippen LogP contribution in [0.2, 0.25) is 5.02 Å². The number of rotatable bonds is 6. The molecule has 1 N–H and O–H groups in total. The summed E-state index contributed by atoms with van der Waals surface area (Å²) in [7, 11) is 0. The van der Waals surface area contributed by atoms with Gasteiger partial charge in [0.15, 0.2) is 0 Å². The van der Waals surface area contributed by atoms with Gasteiger partial charge >= 0.3 is 0 Å². The first-order valence-corrected chi connectivity index (χ1v) is 9.37. The number of fused-ring (bicyclic) bond motifs is 1. The highest BCUT2D eigenvalue weighted by Crippen LogP contribution is 2.20. The number of nitrogens with zero attached hydrogens (tertiary/aromatic N) is 2. The van der Waals surface area contributed by atoms with E-state index in [0.717, 1.165) is 5.56 Å². The Morgan fingerprint density at radius 2 is 1.96 bits per heavy atom. The number of hydrogen-bond donors (Lipinski definition) is 1. The number of hydrogen-bond acceptors (Lipinski definition) is 3. The molecule has 3 aromatic rings. The van der Waals surface area contributed by atoms with Crippen LogP contribution in [0.4, 0.5) is 0 Å². The summed E-state index contributed by atoms with van der Waals surface area (Å²) in [5.41, 5.74) is 1.43. The zero-order valence-electron chi connectivity index (χ0n) is 15.4. The molecule has 1 heterocycles. The number of nitrogens with one attached hydrogen (secondary N) is 1. The van der Waals surface area contributed by atoms with Crippen molar-refractivity contribution in [2.24, 2.45) is 0 Å². The third kappa shape index (κ3) is 4.55. The summed E-state index contributed by atoms with van der Waals surface area (Å²) in [5.74, 6) is 0.607. The van der Waals surface area contributed by atoms with Gasteiger partial charge in [0, 0.05) is 18.0 Å². The van der Waals surface area contributed by atoms with Gasteiger partial charge in [-0.05, 0) is 36.6 Å². The molecule has 1 unspecified atom stereocenters. The number of amides is 1. The molecule has 0 bridgehead atoms. The molecule has 1 amide bonds. The number of carbonyl (C=O) groups is 1. The number of aromatic amines is 1. The highest BCUT2D eigenvalue weighted by molar-refractivity contribution is 6.31. The Hall–Kier alpha value is -2.66. The van der Waals surface area contributed by atoms with Gasteiger partial charge < -0.3 is 9.88 Å². The highest BCUT2D eigenvalue weighted by atomic mass is 35.5. The second-order valence-corrected chi connectivity index (χ2v) is 7.03. The Morgan fingerprint density at radius 3 is 2.67 bits per heavy atom. The Bertz CT molecular complexity index is 1000. The van der Waals surface area contributed by atoms with E-state index < -0.39 is 0 Å². The maximum atomic E-state index is 12.8. The van der Waals surface area contributed by atoms with Crippen LogP contribution in [0.5, 0.6) is 0 Å².